The summed E-state index contributed by atoms with van der Waals surface area (Å²) in [6, 6.07) is 20.1. The van der Waals surface area contributed by atoms with E-state index in [-0.39, 0.29) is 7.12 Å². The molecule has 4 heterocycles. The van der Waals surface area contributed by atoms with Crippen LogP contribution in [0.5, 0.6) is 5.75 Å². The summed E-state index contributed by atoms with van der Waals surface area (Å²) < 4.78 is 5.38. The molecule has 0 aliphatic rings. The number of aromatic nitrogens is 7. The van der Waals surface area contributed by atoms with E-state index in [1.54, 1.807) is 69.0 Å². The predicted octanol–water partition coefficient (Wildman–Crippen LogP) is 3.37. The van der Waals surface area contributed by atoms with Gasteiger partial charge in [0.1, 0.15) is 5.75 Å². The molecule has 31 heavy (non-hydrogen) atoms. The Morgan fingerprint density at radius 2 is 1.03 bits per heavy atom. The molecule has 0 spiro atoms. The van der Waals surface area contributed by atoms with Crippen LogP contribution in [0, 0.1) is 0 Å². The first-order valence-corrected chi connectivity index (χ1v) is 12.4. The number of phenolic OH excluding ortho intramolecular Hbond substituents is 1. The zero-order valence-electron chi connectivity index (χ0n) is 16.4. The number of phenols is 1. The Labute approximate surface area is 195 Å². The summed E-state index contributed by atoms with van der Waals surface area (Å²) in [5, 5.41) is 21.3. The summed E-state index contributed by atoms with van der Waals surface area (Å²) in [5.41, 5.74) is 0. The molecule has 1 radical (unpaired) electrons. The van der Waals surface area contributed by atoms with E-state index in [9.17, 15) is 0 Å². The van der Waals surface area contributed by atoms with Gasteiger partial charge in [-0.15, -0.1) is 0 Å². The monoisotopic (exact) mass is 607 g/mol. The molecule has 0 unspecified atom stereocenters. The second-order valence-electron chi connectivity index (χ2n) is 5.66. The quantitative estimate of drug-likeness (QED) is 0.319. The summed E-state index contributed by atoms with van der Waals surface area (Å²) in [6.07, 6.45) is 14.4. The van der Waals surface area contributed by atoms with E-state index >= 15 is 0 Å². The maximum atomic E-state index is 8.63. The van der Waals surface area contributed by atoms with Crippen LogP contribution in [0.25, 0.3) is 0 Å². The maximum absolute atomic E-state index is 8.63. The zero-order valence-corrected chi connectivity index (χ0v) is 19.9. The van der Waals surface area contributed by atoms with Crippen molar-refractivity contribution in [2.24, 2.45) is 0 Å². The first kappa shape index (κ1) is 24.1. The zero-order chi connectivity index (χ0) is 22.2. The van der Waals surface area contributed by atoms with Crippen molar-refractivity contribution in [3.8, 4) is 5.75 Å². The molecule has 159 valence electrons. The van der Waals surface area contributed by atoms with E-state index in [1.165, 1.54) is 18.2 Å². The Hall–Kier alpha value is -3.18. The molecule has 4 aromatic heterocycles. The summed E-state index contributed by atoms with van der Waals surface area (Å²) in [5.74, 6) is 0.322. The smallest absolute Gasteiger partial charge is 0.260 e. The number of aromatic hydroxyl groups is 1. The molecular weight excluding hydrogens is 587 g/mol. The molecule has 0 amide bonds. The van der Waals surface area contributed by atoms with E-state index in [0.717, 1.165) is 0 Å². The third kappa shape index (κ3) is 8.60. The fourth-order valence-corrected chi connectivity index (χ4v) is 2.36. The Morgan fingerprint density at radius 1 is 0.613 bits per heavy atom. The number of benzene rings is 1. The van der Waals surface area contributed by atoms with Gasteiger partial charge >= 0.3 is 27.7 Å². The van der Waals surface area contributed by atoms with Crippen molar-refractivity contribution in [1.82, 2.24) is 34.1 Å². The number of halogens is 1. The second-order valence-corrected chi connectivity index (χ2v) is 5.66. The molecule has 0 saturated carbocycles. The van der Waals surface area contributed by atoms with Gasteiger partial charge in [-0.3, -0.25) is 4.98 Å². The Bertz CT molecular complexity index is 910. The first-order chi connectivity index (χ1) is 15.3. The van der Waals surface area contributed by atoms with Gasteiger partial charge in [0, 0.05) is 31.0 Å². The minimum Gasteiger partial charge on any atom is -0.425 e. The fraction of sp³-hybridized carbons (Fsp3) is 0. The minimum atomic E-state index is -0.194. The number of hydrogen-bond donors (Lipinski definition) is 1. The van der Waals surface area contributed by atoms with Crippen molar-refractivity contribution in [3.63, 3.8) is 0 Å². The first-order valence-electron chi connectivity index (χ1n) is 9.05. The van der Waals surface area contributed by atoms with Crippen LogP contribution < -0.4 is 0 Å². The van der Waals surface area contributed by atoms with Crippen LogP contribution in [-0.2, 0) is 18.2 Å². The molecule has 0 bridgehead atoms. The van der Waals surface area contributed by atoms with Crippen molar-refractivity contribution in [1.29, 1.82) is 0 Å². The van der Waals surface area contributed by atoms with Crippen LogP contribution in [0.15, 0.2) is 116 Å². The van der Waals surface area contributed by atoms with Gasteiger partial charge < -0.3 is 18.9 Å². The Balaban J connectivity index is 0.000000188. The SMILES string of the molecule is Oc1ccccc1.[Cl][Re].c1ccncc1.c1cnn([B-](n2cccn2)n2cccn2)c1. The van der Waals surface area contributed by atoms with Gasteiger partial charge in [-0.05, 0) is 61.1 Å². The summed E-state index contributed by atoms with van der Waals surface area (Å²) in [6.45, 7) is 0. The maximum Gasteiger partial charge on any atom is 0.260 e. The van der Waals surface area contributed by atoms with Crippen LogP contribution >= 0.6 is 9.53 Å². The van der Waals surface area contributed by atoms with Crippen LogP contribution in [0.1, 0.15) is 0 Å². The van der Waals surface area contributed by atoms with Crippen molar-refractivity contribution in [2.45, 2.75) is 0 Å². The number of rotatable bonds is 3. The molecule has 1 aromatic carbocycles. The number of nitrogens with zero attached hydrogens (tertiary/aromatic N) is 7. The van der Waals surface area contributed by atoms with E-state index < -0.39 is 0 Å². The summed E-state index contributed by atoms with van der Waals surface area (Å²) >= 11 is 1.19. The summed E-state index contributed by atoms with van der Waals surface area (Å²) in [4.78, 5) is 3.78. The van der Waals surface area contributed by atoms with Crippen LogP contribution in [0.3, 0.4) is 0 Å². The normalized spacial score (nSPS) is 9.39. The van der Waals surface area contributed by atoms with Crippen molar-refractivity contribution < 1.29 is 23.3 Å². The molecule has 1 N–H and O–H groups in total. The van der Waals surface area contributed by atoms with Gasteiger partial charge in [-0.1, -0.05) is 24.3 Å². The molecular formula is C20H20BClN7ORe-. The molecule has 0 saturated heterocycles. The van der Waals surface area contributed by atoms with Gasteiger partial charge in [0.2, 0.25) is 0 Å². The predicted molar refractivity (Wildman–Crippen MR) is 117 cm³/mol. The van der Waals surface area contributed by atoms with E-state index in [2.05, 4.69) is 20.3 Å². The largest absolute Gasteiger partial charge is 0.425 e. The van der Waals surface area contributed by atoms with Crippen molar-refractivity contribution in [2.75, 3.05) is 0 Å². The number of pyridine rings is 1. The minimum absolute atomic E-state index is 0.194. The average molecular weight is 607 g/mol. The molecule has 0 aliphatic carbocycles. The van der Waals surface area contributed by atoms with E-state index in [1.807, 2.05) is 61.1 Å². The average Bonchev–Trinajstić information content (AvgIpc) is 3.63. The second kappa shape index (κ2) is 14.7. The van der Waals surface area contributed by atoms with Crippen LogP contribution in [0.4, 0.5) is 0 Å². The van der Waals surface area contributed by atoms with Crippen LogP contribution in [-0.4, -0.2) is 46.3 Å². The van der Waals surface area contributed by atoms with Gasteiger partial charge in [0.15, 0.2) is 0 Å². The third-order valence-electron chi connectivity index (χ3n) is 3.61. The molecule has 0 fully saturated rings. The van der Waals surface area contributed by atoms with Gasteiger partial charge in [0.05, 0.1) is 0 Å². The Kier molecular flexibility index (Phi) is 11.5. The summed E-state index contributed by atoms with van der Waals surface area (Å²) in [7, 11) is 4.50. The molecule has 5 rings (SSSR count). The molecule has 0 aliphatic heterocycles. The number of hydrogen-bond acceptors (Lipinski definition) is 5. The van der Waals surface area contributed by atoms with E-state index in [0.29, 0.717) is 5.75 Å². The van der Waals surface area contributed by atoms with E-state index in [4.69, 9.17) is 14.6 Å². The van der Waals surface area contributed by atoms with Gasteiger partial charge in [-0.25, -0.2) is 15.3 Å². The molecule has 11 heteroatoms. The number of para-hydroxylation sites is 1. The molecule has 8 nitrogen and oxygen atoms in total. The van der Waals surface area contributed by atoms with Gasteiger partial charge in [-0.2, -0.15) is 0 Å². The fourth-order valence-electron chi connectivity index (χ4n) is 2.36. The standard InChI is InChI=1S/C9H9BN6.C6H6O.C5H5N.ClH.Re/c1-4-11-14(7-1)10(15-8-2-5-12-15)16-9-3-6-13-16;7-6-4-2-1-3-5-6;1-2-4-6-5-3-1;;/h1-9H;1-5,7H;1-5H;1H;/q-1;;;;+1/p-1. The molecule has 5 aromatic rings. The van der Waals surface area contributed by atoms with Crippen LogP contribution in [0.2, 0.25) is 0 Å². The Morgan fingerprint density at radius 3 is 1.26 bits per heavy atom. The van der Waals surface area contributed by atoms with Gasteiger partial charge in [0.25, 0.3) is 7.12 Å². The van der Waals surface area contributed by atoms with Crippen molar-refractivity contribution >= 4 is 16.6 Å². The topological polar surface area (TPSA) is 86.6 Å². The third-order valence-corrected chi connectivity index (χ3v) is 3.61. The molecule has 0 atom stereocenters. The van der Waals surface area contributed by atoms with Crippen molar-refractivity contribution in [3.05, 3.63) is 116 Å².